The molecule has 1 aromatic heterocycles. The van der Waals surface area contributed by atoms with E-state index in [1.54, 1.807) is 4.90 Å². The lowest BCUT2D eigenvalue weighted by molar-refractivity contribution is -0.129. The second-order valence-electron chi connectivity index (χ2n) is 8.05. The molecule has 0 unspecified atom stereocenters. The highest BCUT2D eigenvalue weighted by molar-refractivity contribution is 9.10. The van der Waals surface area contributed by atoms with Gasteiger partial charge in [-0.3, -0.25) is 9.59 Å². The Morgan fingerprint density at radius 3 is 2.20 bits per heavy atom. The van der Waals surface area contributed by atoms with Gasteiger partial charge in [0.15, 0.2) is 0 Å². The van der Waals surface area contributed by atoms with Crippen molar-refractivity contribution < 1.29 is 9.59 Å². The van der Waals surface area contributed by atoms with Crippen LogP contribution in [0.3, 0.4) is 0 Å². The Kier molecular flexibility index (Phi) is 16.0. The summed E-state index contributed by atoms with van der Waals surface area (Å²) in [5.41, 5.74) is 5.68. The molecule has 3 rings (SSSR count). The van der Waals surface area contributed by atoms with Crippen molar-refractivity contribution in [2.45, 2.75) is 61.3 Å². The maximum atomic E-state index is 12.1. The first-order chi connectivity index (χ1) is 16.6. The molecule has 0 atom stereocenters. The molecule has 35 heavy (non-hydrogen) atoms. The van der Waals surface area contributed by atoms with Crippen molar-refractivity contribution in [1.82, 2.24) is 14.8 Å². The number of aromatic nitrogens is 1. The van der Waals surface area contributed by atoms with E-state index in [4.69, 9.17) is 0 Å². The van der Waals surface area contributed by atoms with Gasteiger partial charge in [-0.2, -0.15) is 0 Å². The van der Waals surface area contributed by atoms with Crippen LogP contribution < -0.4 is 5.32 Å². The van der Waals surface area contributed by atoms with E-state index in [9.17, 15) is 9.59 Å². The summed E-state index contributed by atoms with van der Waals surface area (Å²) in [4.78, 5) is 30.4. The summed E-state index contributed by atoms with van der Waals surface area (Å²) >= 11 is 3.51. The van der Waals surface area contributed by atoms with E-state index >= 15 is 0 Å². The molecule has 0 bridgehead atoms. The number of fused-ring (bicyclic) bond motifs is 1. The van der Waals surface area contributed by atoms with Gasteiger partial charge in [-0.15, -0.1) is 0 Å². The van der Waals surface area contributed by atoms with Gasteiger partial charge >= 0.3 is 0 Å². The SMILES string of the molecule is CC.CC.CCC(=O)N(C)CCCN(C)C.Cc1cc(C)c(/C=C2\C(=O)Nc3cccc(Br)c32)[nH]1. The molecule has 0 spiro atoms. The second-order valence-corrected chi connectivity index (χ2v) is 8.90. The summed E-state index contributed by atoms with van der Waals surface area (Å²) in [7, 11) is 5.95. The van der Waals surface area contributed by atoms with E-state index in [1.165, 1.54) is 0 Å². The number of benzene rings is 1. The summed E-state index contributed by atoms with van der Waals surface area (Å²) in [6.45, 7) is 15.8. The van der Waals surface area contributed by atoms with Crippen LogP contribution >= 0.6 is 15.9 Å². The Morgan fingerprint density at radius 2 is 1.69 bits per heavy atom. The van der Waals surface area contributed by atoms with Crippen molar-refractivity contribution in [1.29, 1.82) is 0 Å². The highest BCUT2D eigenvalue weighted by Crippen LogP contribution is 2.38. The molecule has 2 heterocycles. The van der Waals surface area contributed by atoms with Crippen molar-refractivity contribution in [3.63, 3.8) is 0 Å². The number of hydrogen-bond donors (Lipinski definition) is 2. The summed E-state index contributed by atoms with van der Waals surface area (Å²) in [5.74, 6) is 0.169. The van der Waals surface area contributed by atoms with Crippen LogP contribution in [0.25, 0.3) is 11.6 Å². The van der Waals surface area contributed by atoms with E-state index in [1.807, 2.05) is 93.9 Å². The van der Waals surface area contributed by atoms with Crippen LogP contribution in [0.2, 0.25) is 0 Å². The van der Waals surface area contributed by atoms with Crippen molar-refractivity contribution in [3.05, 3.63) is 51.3 Å². The predicted octanol–water partition coefficient (Wildman–Crippen LogP) is 6.75. The van der Waals surface area contributed by atoms with Gasteiger partial charge < -0.3 is 20.1 Å². The zero-order valence-corrected chi connectivity index (χ0v) is 24.9. The maximum Gasteiger partial charge on any atom is 0.256 e. The number of carbonyl (C=O) groups excluding carboxylic acids is 2. The van der Waals surface area contributed by atoms with E-state index in [0.717, 1.165) is 52.2 Å². The Hall–Kier alpha value is -2.38. The number of aromatic amines is 1. The number of nitrogens with one attached hydrogen (secondary N) is 2. The minimum Gasteiger partial charge on any atom is -0.359 e. The Balaban J connectivity index is 0.000000629. The number of carbonyl (C=O) groups is 2. The Labute approximate surface area is 221 Å². The first-order valence-electron chi connectivity index (χ1n) is 12.5. The standard InChI is InChI=1S/C15H13BrN2O.C9H20N2O.2C2H6/c1-8-6-9(2)17-13(8)7-10-14-11(16)4-3-5-12(14)18-15(10)19;1-5-9(12)11(4)8-6-7-10(2)3;2*1-2/h3-7,17H,1-2H3,(H,18,19);5-8H2,1-4H3;2*1-2H3/b10-7-;;;. The molecule has 196 valence electrons. The zero-order valence-electron chi connectivity index (χ0n) is 23.3. The molecule has 0 fully saturated rings. The molecule has 0 radical (unpaired) electrons. The number of aryl methyl sites for hydroxylation is 2. The van der Waals surface area contributed by atoms with Gasteiger partial charge in [0.05, 0.1) is 11.3 Å². The fourth-order valence-corrected chi connectivity index (χ4v) is 3.99. The minimum absolute atomic E-state index is 0.0615. The molecule has 6 nitrogen and oxygen atoms in total. The molecule has 1 aromatic carbocycles. The third-order valence-corrected chi connectivity index (χ3v) is 5.74. The molecular formula is C28H45BrN4O2. The molecular weight excluding hydrogens is 504 g/mol. The molecule has 0 saturated carbocycles. The van der Waals surface area contributed by atoms with Crippen LogP contribution in [0, 0.1) is 13.8 Å². The monoisotopic (exact) mass is 548 g/mol. The maximum absolute atomic E-state index is 12.1. The van der Waals surface area contributed by atoms with Crippen LogP contribution in [-0.4, -0.2) is 60.8 Å². The fourth-order valence-electron chi connectivity index (χ4n) is 3.41. The second kappa shape index (κ2) is 17.1. The third kappa shape index (κ3) is 10.4. The number of amides is 2. The topological polar surface area (TPSA) is 68.4 Å². The highest BCUT2D eigenvalue weighted by atomic mass is 79.9. The molecule has 0 aliphatic carbocycles. The summed E-state index contributed by atoms with van der Waals surface area (Å²) < 4.78 is 0.926. The summed E-state index contributed by atoms with van der Waals surface area (Å²) in [6.07, 6.45) is 3.57. The highest BCUT2D eigenvalue weighted by Gasteiger charge is 2.26. The molecule has 0 saturated heterocycles. The molecule has 2 aromatic rings. The number of anilines is 1. The lowest BCUT2D eigenvalue weighted by atomic mass is 10.1. The minimum atomic E-state index is -0.0615. The van der Waals surface area contributed by atoms with Crippen LogP contribution in [0.15, 0.2) is 28.7 Å². The zero-order chi connectivity index (χ0) is 27.1. The van der Waals surface area contributed by atoms with Crippen LogP contribution in [0.5, 0.6) is 0 Å². The van der Waals surface area contributed by atoms with Gasteiger partial charge in [0, 0.05) is 41.4 Å². The van der Waals surface area contributed by atoms with Gasteiger partial charge in [-0.1, -0.05) is 56.6 Å². The summed E-state index contributed by atoms with van der Waals surface area (Å²) in [6, 6.07) is 7.84. The predicted molar refractivity (Wildman–Crippen MR) is 155 cm³/mol. The lowest BCUT2D eigenvalue weighted by Gasteiger charge is -2.17. The Morgan fingerprint density at radius 1 is 1.06 bits per heavy atom. The third-order valence-electron chi connectivity index (χ3n) is 5.08. The molecule has 1 aliphatic heterocycles. The first-order valence-corrected chi connectivity index (χ1v) is 13.3. The van der Waals surface area contributed by atoms with Crippen LogP contribution in [0.4, 0.5) is 5.69 Å². The van der Waals surface area contributed by atoms with E-state index in [-0.39, 0.29) is 11.8 Å². The van der Waals surface area contributed by atoms with Gasteiger partial charge in [0.2, 0.25) is 5.91 Å². The normalized spacial score (nSPS) is 12.5. The van der Waals surface area contributed by atoms with Crippen molar-refractivity contribution in [2.75, 3.05) is 39.5 Å². The average molecular weight is 550 g/mol. The van der Waals surface area contributed by atoms with Crippen molar-refractivity contribution in [2.24, 2.45) is 0 Å². The quantitative estimate of drug-likeness (QED) is 0.392. The molecule has 1 aliphatic rings. The largest absolute Gasteiger partial charge is 0.359 e. The first kappa shape index (κ1) is 32.6. The number of halogens is 1. The van der Waals surface area contributed by atoms with Crippen molar-refractivity contribution in [3.8, 4) is 0 Å². The number of rotatable bonds is 6. The number of hydrogen-bond acceptors (Lipinski definition) is 3. The van der Waals surface area contributed by atoms with E-state index < -0.39 is 0 Å². The smallest absolute Gasteiger partial charge is 0.256 e. The van der Waals surface area contributed by atoms with Gasteiger partial charge in [0.1, 0.15) is 0 Å². The van der Waals surface area contributed by atoms with Gasteiger partial charge in [-0.05, 0) is 70.7 Å². The van der Waals surface area contributed by atoms with E-state index in [0.29, 0.717) is 12.0 Å². The summed E-state index contributed by atoms with van der Waals surface area (Å²) in [5, 5.41) is 2.88. The average Bonchev–Trinajstić information content (AvgIpc) is 3.34. The number of nitrogens with zero attached hydrogens (tertiary/aromatic N) is 2. The molecule has 2 amide bonds. The van der Waals surface area contributed by atoms with Crippen LogP contribution in [-0.2, 0) is 9.59 Å². The van der Waals surface area contributed by atoms with Crippen LogP contribution in [0.1, 0.15) is 70.0 Å². The fraction of sp³-hybridized carbons (Fsp3) is 0.500. The number of H-pyrrole nitrogens is 1. The van der Waals surface area contributed by atoms with E-state index in [2.05, 4.69) is 37.2 Å². The molecule has 7 heteroatoms. The van der Waals surface area contributed by atoms with Gasteiger partial charge in [0.25, 0.3) is 5.91 Å². The Bertz CT molecular complexity index is 964. The van der Waals surface area contributed by atoms with Gasteiger partial charge in [-0.25, -0.2) is 0 Å². The lowest BCUT2D eigenvalue weighted by Crippen LogP contribution is -2.28. The van der Waals surface area contributed by atoms with Crippen molar-refractivity contribution >= 4 is 45.1 Å². The molecule has 2 N–H and O–H groups in total.